The number of hydrogen-bond acceptors (Lipinski definition) is 3. The van der Waals surface area contributed by atoms with Crippen molar-refractivity contribution in [2.24, 2.45) is 0 Å². The van der Waals surface area contributed by atoms with E-state index in [9.17, 15) is 4.79 Å². The van der Waals surface area contributed by atoms with E-state index in [0.29, 0.717) is 17.0 Å². The number of hydrogen-bond donors (Lipinski definition) is 0. The van der Waals surface area contributed by atoms with Crippen LogP contribution in [0.5, 0.6) is 0 Å². The second kappa shape index (κ2) is 2.94. The summed E-state index contributed by atoms with van der Waals surface area (Å²) < 4.78 is 0. The lowest BCUT2D eigenvalue weighted by molar-refractivity contribution is -0.122. The van der Waals surface area contributed by atoms with E-state index in [1.165, 1.54) is 0 Å². The molecular formula is C11H12ClN3O. The third kappa shape index (κ3) is 1.19. The third-order valence-corrected chi connectivity index (χ3v) is 3.50. The van der Waals surface area contributed by atoms with E-state index in [0.717, 1.165) is 18.4 Å². The Kier molecular flexibility index (Phi) is 1.84. The first-order valence-corrected chi connectivity index (χ1v) is 5.77. The fourth-order valence-corrected chi connectivity index (χ4v) is 2.33. The summed E-state index contributed by atoms with van der Waals surface area (Å²) >= 11 is 5.84. The monoisotopic (exact) mass is 237 g/mol. The maximum Gasteiger partial charge on any atom is 0.238 e. The van der Waals surface area contributed by atoms with Crippen LogP contribution in [0.4, 0.5) is 5.82 Å². The lowest BCUT2D eigenvalue weighted by Gasteiger charge is -2.18. The molecular weight excluding hydrogens is 226 g/mol. The van der Waals surface area contributed by atoms with Gasteiger partial charge in [0.15, 0.2) is 11.0 Å². The zero-order valence-corrected chi connectivity index (χ0v) is 9.95. The van der Waals surface area contributed by atoms with Crippen molar-refractivity contribution in [1.29, 1.82) is 0 Å². The predicted octanol–water partition coefficient (Wildman–Crippen LogP) is 1.92. The molecule has 1 aliphatic heterocycles. The summed E-state index contributed by atoms with van der Waals surface area (Å²) in [5, 5.41) is 8.25. The van der Waals surface area contributed by atoms with Crippen molar-refractivity contribution in [1.82, 2.24) is 10.2 Å². The Morgan fingerprint density at radius 3 is 2.75 bits per heavy atom. The van der Waals surface area contributed by atoms with Crippen LogP contribution in [0.25, 0.3) is 0 Å². The van der Waals surface area contributed by atoms with Gasteiger partial charge in [-0.15, -0.1) is 10.2 Å². The molecule has 3 rings (SSSR count). The maximum atomic E-state index is 12.3. The van der Waals surface area contributed by atoms with Crippen LogP contribution in [0.2, 0.25) is 5.15 Å². The van der Waals surface area contributed by atoms with Gasteiger partial charge in [0, 0.05) is 11.6 Å². The van der Waals surface area contributed by atoms with Gasteiger partial charge in [-0.2, -0.15) is 0 Å². The average Bonchev–Trinajstić information content (AvgIpc) is 3.01. The van der Waals surface area contributed by atoms with Crippen molar-refractivity contribution in [2.45, 2.75) is 38.1 Å². The van der Waals surface area contributed by atoms with E-state index in [-0.39, 0.29) is 5.91 Å². The zero-order chi connectivity index (χ0) is 11.5. The molecule has 0 bridgehead atoms. The molecule has 16 heavy (non-hydrogen) atoms. The minimum absolute atomic E-state index is 0.113. The molecule has 0 unspecified atom stereocenters. The number of anilines is 1. The van der Waals surface area contributed by atoms with Gasteiger partial charge in [0.05, 0.1) is 5.41 Å². The first-order valence-electron chi connectivity index (χ1n) is 5.39. The topological polar surface area (TPSA) is 46.1 Å². The summed E-state index contributed by atoms with van der Waals surface area (Å²) in [6, 6.07) is 2.08. The van der Waals surface area contributed by atoms with Crippen molar-refractivity contribution in [3.8, 4) is 0 Å². The summed E-state index contributed by atoms with van der Waals surface area (Å²) in [6.07, 6.45) is 2.12. The quantitative estimate of drug-likeness (QED) is 0.750. The van der Waals surface area contributed by atoms with Gasteiger partial charge in [0.25, 0.3) is 0 Å². The van der Waals surface area contributed by atoms with Gasteiger partial charge in [-0.1, -0.05) is 11.6 Å². The number of fused-ring (bicyclic) bond motifs is 1. The van der Waals surface area contributed by atoms with Gasteiger partial charge < -0.3 is 0 Å². The number of aromatic nitrogens is 2. The standard InChI is InChI=1S/C11H12ClN3O/c1-11(2)7-5-8(12)13-14-9(7)15(10(11)16)6-3-4-6/h5-6H,3-4H2,1-2H3. The van der Waals surface area contributed by atoms with Gasteiger partial charge >= 0.3 is 0 Å². The molecule has 0 radical (unpaired) electrons. The molecule has 1 amide bonds. The van der Waals surface area contributed by atoms with E-state index >= 15 is 0 Å². The smallest absolute Gasteiger partial charge is 0.238 e. The Balaban J connectivity index is 2.19. The van der Waals surface area contributed by atoms with Gasteiger partial charge in [0.2, 0.25) is 5.91 Å². The number of carbonyl (C=O) groups excluding carboxylic acids is 1. The molecule has 0 atom stereocenters. The largest absolute Gasteiger partial charge is 0.291 e. The highest BCUT2D eigenvalue weighted by Crippen LogP contribution is 2.45. The summed E-state index contributed by atoms with van der Waals surface area (Å²) in [5.41, 5.74) is 0.363. The Hall–Kier alpha value is -1.16. The minimum atomic E-state index is -0.530. The van der Waals surface area contributed by atoms with Gasteiger partial charge in [-0.25, -0.2) is 0 Å². The lowest BCUT2D eigenvalue weighted by atomic mass is 9.87. The van der Waals surface area contributed by atoms with Gasteiger partial charge in [-0.05, 0) is 32.8 Å². The summed E-state index contributed by atoms with van der Waals surface area (Å²) in [7, 11) is 0. The van der Waals surface area contributed by atoms with Crippen molar-refractivity contribution in [3.05, 3.63) is 16.8 Å². The summed E-state index contributed by atoms with van der Waals surface area (Å²) in [4.78, 5) is 14.1. The van der Waals surface area contributed by atoms with E-state index in [1.807, 2.05) is 13.8 Å². The van der Waals surface area contributed by atoms with E-state index in [1.54, 1.807) is 11.0 Å². The van der Waals surface area contributed by atoms with Crippen LogP contribution in [-0.2, 0) is 10.2 Å². The van der Waals surface area contributed by atoms with Crippen molar-refractivity contribution in [3.63, 3.8) is 0 Å². The molecule has 0 saturated heterocycles. The summed E-state index contributed by atoms with van der Waals surface area (Å²) in [5.74, 6) is 0.809. The number of amides is 1. The number of carbonyl (C=O) groups is 1. The minimum Gasteiger partial charge on any atom is -0.291 e. The molecule has 0 N–H and O–H groups in total. The van der Waals surface area contributed by atoms with Crippen LogP contribution in [0.1, 0.15) is 32.3 Å². The molecule has 0 spiro atoms. The molecule has 1 aromatic heterocycles. The number of nitrogens with zero attached hydrogens (tertiary/aromatic N) is 3. The third-order valence-electron chi connectivity index (χ3n) is 3.31. The van der Waals surface area contributed by atoms with E-state index < -0.39 is 5.41 Å². The Labute approximate surface area is 98.6 Å². The maximum absolute atomic E-state index is 12.3. The second-order valence-corrected chi connectivity index (χ2v) is 5.32. The molecule has 5 heteroatoms. The molecule has 2 heterocycles. The van der Waals surface area contributed by atoms with Crippen molar-refractivity contribution >= 4 is 23.3 Å². The first-order chi connectivity index (χ1) is 7.51. The normalized spacial score (nSPS) is 22.4. The second-order valence-electron chi connectivity index (χ2n) is 4.94. The highest BCUT2D eigenvalue weighted by Gasteiger charge is 2.50. The van der Waals surface area contributed by atoms with Crippen molar-refractivity contribution < 1.29 is 4.79 Å². The van der Waals surface area contributed by atoms with Crippen LogP contribution in [0, 0.1) is 0 Å². The van der Waals surface area contributed by atoms with Crippen LogP contribution >= 0.6 is 11.6 Å². The van der Waals surface area contributed by atoms with Crippen molar-refractivity contribution in [2.75, 3.05) is 4.90 Å². The van der Waals surface area contributed by atoms with E-state index in [2.05, 4.69) is 10.2 Å². The SMILES string of the molecule is CC1(C)C(=O)N(C2CC2)c2nnc(Cl)cc21. The fraction of sp³-hybridized carbons (Fsp3) is 0.545. The highest BCUT2D eigenvalue weighted by molar-refractivity contribution is 6.29. The number of rotatable bonds is 1. The first kappa shape index (κ1) is 10.0. The van der Waals surface area contributed by atoms with Gasteiger partial charge in [-0.3, -0.25) is 9.69 Å². The molecule has 0 aromatic carbocycles. The molecule has 4 nitrogen and oxygen atoms in total. The predicted molar refractivity (Wildman–Crippen MR) is 60.6 cm³/mol. The molecule has 1 saturated carbocycles. The van der Waals surface area contributed by atoms with Crippen LogP contribution in [0.15, 0.2) is 6.07 Å². The molecule has 1 fully saturated rings. The molecule has 84 valence electrons. The Morgan fingerprint density at radius 2 is 2.12 bits per heavy atom. The Morgan fingerprint density at radius 1 is 1.44 bits per heavy atom. The molecule has 2 aliphatic rings. The van der Waals surface area contributed by atoms with Crippen LogP contribution in [-0.4, -0.2) is 22.1 Å². The Bertz CT molecular complexity index is 482. The van der Waals surface area contributed by atoms with Crippen LogP contribution in [0.3, 0.4) is 0 Å². The van der Waals surface area contributed by atoms with Gasteiger partial charge in [0.1, 0.15) is 0 Å². The zero-order valence-electron chi connectivity index (χ0n) is 9.20. The lowest BCUT2D eigenvalue weighted by Crippen LogP contribution is -2.37. The summed E-state index contributed by atoms with van der Waals surface area (Å²) in [6.45, 7) is 3.82. The molecule has 1 aliphatic carbocycles. The highest BCUT2D eigenvalue weighted by atomic mass is 35.5. The average molecular weight is 238 g/mol. The van der Waals surface area contributed by atoms with E-state index in [4.69, 9.17) is 11.6 Å². The number of halogens is 1. The van der Waals surface area contributed by atoms with Crippen LogP contribution < -0.4 is 4.90 Å². The molecule has 1 aromatic rings. The fourth-order valence-electron chi connectivity index (χ4n) is 2.18.